The van der Waals surface area contributed by atoms with Gasteiger partial charge < -0.3 is 10.1 Å². The molecule has 2 aromatic carbocycles. The summed E-state index contributed by atoms with van der Waals surface area (Å²) in [5, 5.41) is 2.89. The molecule has 5 nitrogen and oxygen atoms in total. The van der Waals surface area contributed by atoms with Crippen molar-refractivity contribution in [3.8, 4) is 22.9 Å². The molecule has 3 rings (SSSR count). The summed E-state index contributed by atoms with van der Waals surface area (Å²) in [5.41, 5.74) is 3.80. The number of amides is 1. The van der Waals surface area contributed by atoms with E-state index in [0.717, 1.165) is 11.1 Å². The van der Waals surface area contributed by atoms with E-state index < -0.39 is 0 Å². The van der Waals surface area contributed by atoms with Gasteiger partial charge in [-0.25, -0.2) is 9.97 Å². The summed E-state index contributed by atoms with van der Waals surface area (Å²) in [7, 11) is 0. The van der Waals surface area contributed by atoms with Crippen molar-refractivity contribution in [2.45, 2.75) is 20.8 Å². The minimum Gasteiger partial charge on any atom is -0.424 e. The van der Waals surface area contributed by atoms with Gasteiger partial charge in [0, 0.05) is 30.1 Å². The number of carbonyl (C=O) groups excluding carboxylic acids is 1. The molecule has 0 radical (unpaired) electrons. The first-order chi connectivity index (χ1) is 13.0. The van der Waals surface area contributed by atoms with Gasteiger partial charge in [-0.05, 0) is 48.2 Å². The molecule has 0 bridgehead atoms. The van der Waals surface area contributed by atoms with Crippen LogP contribution >= 0.6 is 0 Å². The largest absolute Gasteiger partial charge is 0.424 e. The second kappa shape index (κ2) is 8.45. The fourth-order valence-corrected chi connectivity index (χ4v) is 2.58. The van der Waals surface area contributed by atoms with Crippen molar-refractivity contribution in [1.82, 2.24) is 15.3 Å². The third-order valence-corrected chi connectivity index (χ3v) is 4.08. The van der Waals surface area contributed by atoms with Crippen molar-refractivity contribution < 1.29 is 9.53 Å². The monoisotopic (exact) mass is 361 g/mol. The zero-order chi connectivity index (χ0) is 19.2. The summed E-state index contributed by atoms with van der Waals surface area (Å²) in [5.74, 6) is 0.907. The van der Waals surface area contributed by atoms with E-state index in [9.17, 15) is 4.79 Å². The van der Waals surface area contributed by atoms with Crippen molar-refractivity contribution in [2.24, 2.45) is 5.92 Å². The van der Waals surface area contributed by atoms with Crippen LogP contribution in [0.1, 0.15) is 29.8 Å². The molecule has 0 fully saturated rings. The van der Waals surface area contributed by atoms with Crippen LogP contribution in [-0.4, -0.2) is 22.4 Å². The highest BCUT2D eigenvalue weighted by Gasteiger charge is 2.08. The molecule has 0 unspecified atom stereocenters. The number of rotatable bonds is 6. The van der Waals surface area contributed by atoms with Gasteiger partial charge >= 0.3 is 6.01 Å². The van der Waals surface area contributed by atoms with Crippen LogP contribution in [0.5, 0.6) is 11.8 Å². The molecular weight excluding hydrogens is 338 g/mol. The van der Waals surface area contributed by atoms with Crippen molar-refractivity contribution in [3.63, 3.8) is 0 Å². The Labute approximate surface area is 159 Å². The van der Waals surface area contributed by atoms with E-state index in [0.29, 0.717) is 23.8 Å². The number of benzene rings is 2. The highest BCUT2D eigenvalue weighted by atomic mass is 16.5. The normalized spacial score (nSPS) is 10.7. The minimum absolute atomic E-state index is 0.0888. The molecule has 0 aliphatic rings. The van der Waals surface area contributed by atoms with E-state index in [1.807, 2.05) is 18.2 Å². The molecule has 1 heterocycles. The number of nitrogens with zero attached hydrogens (tertiary/aromatic N) is 2. The van der Waals surface area contributed by atoms with Crippen LogP contribution in [0.4, 0.5) is 0 Å². The van der Waals surface area contributed by atoms with Gasteiger partial charge in [-0.1, -0.05) is 38.1 Å². The average Bonchev–Trinajstić information content (AvgIpc) is 2.68. The Morgan fingerprint density at radius 1 is 1.04 bits per heavy atom. The lowest BCUT2D eigenvalue weighted by molar-refractivity contribution is 0.0949. The van der Waals surface area contributed by atoms with Gasteiger partial charge in [0.25, 0.3) is 5.91 Å². The zero-order valence-electron chi connectivity index (χ0n) is 15.8. The van der Waals surface area contributed by atoms with Gasteiger partial charge in [-0.2, -0.15) is 0 Å². The van der Waals surface area contributed by atoms with Crippen molar-refractivity contribution >= 4 is 5.91 Å². The summed E-state index contributed by atoms with van der Waals surface area (Å²) >= 11 is 0. The first-order valence-corrected chi connectivity index (χ1v) is 8.97. The van der Waals surface area contributed by atoms with E-state index in [2.05, 4.69) is 42.1 Å². The number of ether oxygens (including phenoxy) is 1. The smallest absolute Gasteiger partial charge is 0.321 e. The van der Waals surface area contributed by atoms with Crippen LogP contribution in [-0.2, 0) is 0 Å². The Kier molecular flexibility index (Phi) is 5.81. The molecule has 0 atom stereocenters. The summed E-state index contributed by atoms with van der Waals surface area (Å²) in [6.45, 7) is 6.82. The molecule has 0 aliphatic carbocycles. The third-order valence-electron chi connectivity index (χ3n) is 4.08. The lowest BCUT2D eigenvalue weighted by Gasteiger charge is -2.09. The van der Waals surface area contributed by atoms with Crippen molar-refractivity contribution in [3.05, 3.63) is 72.1 Å². The van der Waals surface area contributed by atoms with E-state index >= 15 is 0 Å². The Morgan fingerprint density at radius 2 is 1.70 bits per heavy atom. The van der Waals surface area contributed by atoms with Gasteiger partial charge in [-0.3, -0.25) is 4.79 Å². The maximum Gasteiger partial charge on any atom is 0.321 e. The maximum atomic E-state index is 12.0. The molecule has 27 heavy (non-hydrogen) atoms. The highest BCUT2D eigenvalue weighted by Crippen LogP contribution is 2.24. The molecule has 0 aliphatic heterocycles. The van der Waals surface area contributed by atoms with E-state index in [1.165, 1.54) is 5.56 Å². The molecule has 5 heteroatoms. The van der Waals surface area contributed by atoms with Gasteiger partial charge in [0.1, 0.15) is 5.75 Å². The number of carbonyl (C=O) groups is 1. The van der Waals surface area contributed by atoms with Crippen LogP contribution in [0.25, 0.3) is 11.1 Å². The molecule has 0 saturated heterocycles. The molecule has 1 N–H and O–H groups in total. The van der Waals surface area contributed by atoms with E-state index in [-0.39, 0.29) is 11.9 Å². The number of nitrogens with one attached hydrogen (secondary N) is 1. The first-order valence-electron chi connectivity index (χ1n) is 8.97. The van der Waals surface area contributed by atoms with Gasteiger partial charge in [0.15, 0.2) is 0 Å². The number of hydrogen-bond donors (Lipinski definition) is 1. The summed E-state index contributed by atoms with van der Waals surface area (Å²) in [6, 6.07) is 15.3. The van der Waals surface area contributed by atoms with Crippen molar-refractivity contribution in [1.29, 1.82) is 0 Å². The minimum atomic E-state index is -0.0888. The molecule has 3 aromatic rings. The molecule has 0 saturated carbocycles. The summed E-state index contributed by atoms with van der Waals surface area (Å²) in [6.07, 6.45) is 3.50. The van der Waals surface area contributed by atoms with Crippen LogP contribution in [0.2, 0.25) is 0 Å². The third kappa shape index (κ3) is 4.91. The van der Waals surface area contributed by atoms with Gasteiger partial charge in [0.2, 0.25) is 0 Å². The predicted octanol–water partition coefficient (Wildman–Crippen LogP) is 4.63. The molecule has 1 amide bonds. The fourth-order valence-electron chi connectivity index (χ4n) is 2.58. The Bertz CT molecular complexity index is 904. The Morgan fingerprint density at radius 3 is 2.33 bits per heavy atom. The number of hydrogen-bond acceptors (Lipinski definition) is 4. The summed E-state index contributed by atoms with van der Waals surface area (Å²) in [4.78, 5) is 20.6. The highest BCUT2D eigenvalue weighted by molar-refractivity contribution is 5.94. The molecule has 0 spiro atoms. The van der Waals surface area contributed by atoms with Gasteiger partial charge in [-0.15, -0.1) is 0 Å². The van der Waals surface area contributed by atoms with E-state index in [4.69, 9.17) is 4.74 Å². The lowest BCUT2D eigenvalue weighted by atomic mass is 10.0. The van der Waals surface area contributed by atoms with Crippen LogP contribution in [0, 0.1) is 12.8 Å². The number of aryl methyl sites for hydroxylation is 1. The predicted molar refractivity (Wildman–Crippen MR) is 106 cm³/mol. The molecule has 1 aromatic heterocycles. The molecular formula is C22H23N3O2. The SMILES string of the molecule is Cc1ccccc1-c1cnc(Oc2ccc(C(=O)NCC(C)C)cc2)nc1. The van der Waals surface area contributed by atoms with Crippen LogP contribution in [0.3, 0.4) is 0 Å². The Balaban J connectivity index is 1.65. The summed E-state index contributed by atoms with van der Waals surface area (Å²) < 4.78 is 5.68. The van der Waals surface area contributed by atoms with Crippen molar-refractivity contribution in [2.75, 3.05) is 6.54 Å². The first kappa shape index (κ1) is 18.6. The maximum absolute atomic E-state index is 12.0. The van der Waals surface area contributed by atoms with Gasteiger partial charge in [0.05, 0.1) is 0 Å². The second-order valence-electron chi connectivity index (χ2n) is 6.80. The number of aromatic nitrogens is 2. The van der Waals surface area contributed by atoms with E-state index in [1.54, 1.807) is 36.7 Å². The zero-order valence-corrected chi connectivity index (χ0v) is 15.8. The standard InChI is InChI=1S/C22H23N3O2/c1-15(2)12-23-21(26)17-8-10-19(11-9-17)27-22-24-13-18(14-25-22)20-7-5-4-6-16(20)3/h4-11,13-15H,12H2,1-3H3,(H,23,26). The quantitative estimate of drug-likeness (QED) is 0.695. The Hall–Kier alpha value is -3.21. The topological polar surface area (TPSA) is 64.1 Å². The average molecular weight is 361 g/mol. The molecule has 138 valence electrons. The van der Waals surface area contributed by atoms with Crippen LogP contribution in [0.15, 0.2) is 60.9 Å². The lowest BCUT2D eigenvalue weighted by Crippen LogP contribution is -2.27. The second-order valence-corrected chi connectivity index (χ2v) is 6.80. The van der Waals surface area contributed by atoms with Crippen LogP contribution < -0.4 is 10.1 Å². The fraction of sp³-hybridized carbons (Fsp3) is 0.227.